The molecule has 1 saturated carbocycles. The highest BCUT2D eigenvalue weighted by molar-refractivity contribution is 5.71. The van der Waals surface area contributed by atoms with E-state index >= 15 is 0 Å². The molecule has 0 aliphatic heterocycles. The minimum absolute atomic E-state index is 0.0262. The van der Waals surface area contributed by atoms with Crippen molar-refractivity contribution in [2.24, 2.45) is 5.92 Å². The second-order valence-electron chi connectivity index (χ2n) is 6.21. The lowest BCUT2D eigenvalue weighted by Crippen LogP contribution is -2.44. The Morgan fingerprint density at radius 2 is 1.87 bits per heavy atom. The van der Waals surface area contributed by atoms with Crippen molar-refractivity contribution < 1.29 is 19.4 Å². The number of nitrogens with zero attached hydrogens (tertiary/aromatic N) is 1. The highest BCUT2D eigenvalue weighted by Gasteiger charge is 2.32. The van der Waals surface area contributed by atoms with Crippen molar-refractivity contribution >= 4 is 12.1 Å². The van der Waals surface area contributed by atoms with E-state index in [1.165, 1.54) is 11.3 Å². The molecule has 1 amide bonds. The molecule has 1 aliphatic carbocycles. The van der Waals surface area contributed by atoms with Crippen molar-refractivity contribution in [2.75, 3.05) is 7.05 Å². The molecule has 5 nitrogen and oxygen atoms in total. The molecular formula is C18H25NO4. The molecule has 0 unspecified atom stereocenters. The van der Waals surface area contributed by atoms with Crippen LogP contribution in [0.4, 0.5) is 4.79 Å². The molecule has 0 aromatic heterocycles. The van der Waals surface area contributed by atoms with E-state index in [1.807, 2.05) is 30.3 Å². The van der Waals surface area contributed by atoms with Crippen LogP contribution in [0.5, 0.6) is 0 Å². The highest BCUT2D eigenvalue weighted by atomic mass is 16.6. The Hall–Kier alpha value is -2.04. The molecule has 126 valence electrons. The topological polar surface area (TPSA) is 66.8 Å². The van der Waals surface area contributed by atoms with Gasteiger partial charge in [-0.25, -0.2) is 4.79 Å². The Bertz CT molecular complexity index is 511. The molecular weight excluding hydrogens is 294 g/mol. The molecule has 1 N–H and O–H groups in total. The number of carbonyl (C=O) groups is 2. The van der Waals surface area contributed by atoms with Crippen LogP contribution in [0.25, 0.3) is 0 Å². The molecule has 1 aromatic rings. The summed E-state index contributed by atoms with van der Waals surface area (Å²) in [5.74, 6) is -0.627. The number of carboxylic acids is 1. The van der Waals surface area contributed by atoms with Crippen LogP contribution < -0.4 is 0 Å². The summed E-state index contributed by atoms with van der Waals surface area (Å²) in [6.07, 6.45) is 4.88. The van der Waals surface area contributed by atoms with Crippen molar-refractivity contribution in [1.29, 1.82) is 0 Å². The standard InChI is InChI=1S/C18H25NO4/c1-19(18(22)23-13-14-8-4-2-5-9-14)16(12-17(20)21)15-10-6-3-7-11-15/h2,4-5,8-9,15-16H,3,6-7,10-13H2,1H3,(H,20,21)/t16-/m1/s1. The Labute approximate surface area is 137 Å². The number of hydrogen-bond acceptors (Lipinski definition) is 3. The van der Waals surface area contributed by atoms with Crippen LogP contribution in [0, 0.1) is 5.92 Å². The average Bonchev–Trinajstić information content (AvgIpc) is 2.58. The normalized spacial score (nSPS) is 16.6. The first kappa shape index (κ1) is 17.3. The number of rotatable bonds is 6. The Kier molecular flexibility index (Phi) is 6.44. The second-order valence-corrected chi connectivity index (χ2v) is 6.21. The zero-order valence-corrected chi connectivity index (χ0v) is 13.6. The molecule has 1 fully saturated rings. The monoisotopic (exact) mass is 319 g/mol. The van der Waals surface area contributed by atoms with E-state index in [-0.39, 0.29) is 25.0 Å². The van der Waals surface area contributed by atoms with Gasteiger partial charge >= 0.3 is 12.1 Å². The first-order valence-corrected chi connectivity index (χ1v) is 8.23. The Balaban J connectivity index is 1.95. The fraction of sp³-hybridized carbons (Fsp3) is 0.556. The number of amides is 1. The third-order valence-electron chi connectivity index (χ3n) is 4.57. The predicted octanol–water partition coefficient (Wildman–Crippen LogP) is 3.68. The van der Waals surface area contributed by atoms with Gasteiger partial charge in [-0.05, 0) is 24.3 Å². The van der Waals surface area contributed by atoms with Crippen molar-refractivity contribution in [3.8, 4) is 0 Å². The summed E-state index contributed by atoms with van der Waals surface area (Å²) in [5.41, 5.74) is 0.918. The van der Waals surface area contributed by atoms with E-state index in [9.17, 15) is 14.7 Å². The van der Waals surface area contributed by atoms with Crippen LogP contribution in [0.3, 0.4) is 0 Å². The van der Waals surface area contributed by atoms with E-state index < -0.39 is 12.1 Å². The van der Waals surface area contributed by atoms with Gasteiger partial charge in [0.2, 0.25) is 0 Å². The van der Waals surface area contributed by atoms with E-state index in [4.69, 9.17) is 4.74 Å². The van der Waals surface area contributed by atoms with E-state index in [0.717, 1.165) is 31.2 Å². The van der Waals surface area contributed by atoms with Crippen LogP contribution >= 0.6 is 0 Å². The first-order chi connectivity index (χ1) is 11.1. The van der Waals surface area contributed by atoms with Gasteiger partial charge in [-0.3, -0.25) is 4.79 Å². The minimum atomic E-state index is -0.872. The molecule has 5 heteroatoms. The molecule has 1 aliphatic rings. The van der Waals surface area contributed by atoms with E-state index in [1.54, 1.807) is 7.05 Å². The fourth-order valence-electron chi connectivity index (χ4n) is 3.27. The molecule has 2 rings (SSSR count). The minimum Gasteiger partial charge on any atom is -0.481 e. The SMILES string of the molecule is CN(C(=O)OCc1ccccc1)[C@H](CC(=O)O)C1CCCCC1. The lowest BCUT2D eigenvalue weighted by Gasteiger charge is -2.35. The predicted molar refractivity (Wildman–Crippen MR) is 87.0 cm³/mol. The smallest absolute Gasteiger partial charge is 0.410 e. The van der Waals surface area contributed by atoms with Crippen molar-refractivity contribution in [3.05, 3.63) is 35.9 Å². The summed E-state index contributed by atoms with van der Waals surface area (Å²) in [6.45, 7) is 0.203. The summed E-state index contributed by atoms with van der Waals surface area (Å²) in [7, 11) is 1.65. The molecule has 0 radical (unpaired) electrons. The van der Waals surface area contributed by atoms with Crippen molar-refractivity contribution in [3.63, 3.8) is 0 Å². The Morgan fingerprint density at radius 1 is 1.22 bits per heavy atom. The van der Waals surface area contributed by atoms with Gasteiger partial charge in [0.15, 0.2) is 0 Å². The molecule has 23 heavy (non-hydrogen) atoms. The maximum absolute atomic E-state index is 12.3. The fourth-order valence-corrected chi connectivity index (χ4v) is 3.27. The molecule has 0 saturated heterocycles. The van der Waals surface area contributed by atoms with Crippen LogP contribution in [0.2, 0.25) is 0 Å². The number of carbonyl (C=O) groups excluding carboxylic acids is 1. The van der Waals surface area contributed by atoms with Gasteiger partial charge in [-0.15, -0.1) is 0 Å². The zero-order chi connectivity index (χ0) is 16.7. The summed E-state index contributed by atoms with van der Waals surface area (Å²) >= 11 is 0. The third-order valence-corrected chi connectivity index (χ3v) is 4.57. The molecule has 1 aromatic carbocycles. The maximum Gasteiger partial charge on any atom is 0.410 e. The lowest BCUT2D eigenvalue weighted by atomic mass is 9.82. The summed E-state index contributed by atoms with van der Waals surface area (Å²) < 4.78 is 5.34. The molecule has 0 bridgehead atoms. The average molecular weight is 319 g/mol. The molecule has 0 spiro atoms. The van der Waals surface area contributed by atoms with Gasteiger partial charge in [0.1, 0.15) is 6.61 Å². The number of aliphatic carboxylic acids is 1. The summed E-state index contributed by atoms with van der Waals surface area (Å²) in [5, 5.41) is 9.17. The summed E-state index contributed by atoms with van der Waals surface area (Å²) in [6, 6.07) is 9.18. The van der Waals surface area contributed by atoms with Gasteiger partial charge in [0, 0.05) is 13.1 Å². The quantitative estimate of drug-likeness (QED) is 0.868. The third kappa shape index (κ3) is 5.27. The number of carboxylic acid groups (broad SMARTS) is 1. The van der Waals surface area contributed by atoms with Gasteiger partial charge in [0.25, 0.3) is 0 Å². The van der Waals surface area contributed by atoms with Gasteiger partial charge in [-0.2, -0.15) is 0 Å². The molecule has 1 atom stereocenters. The largest absolute Gasteiger partial charge is 0.481 e. The van der Waals surface area contributed by atoms with Crippen LogP contribution in [-0.2, 0) is 16.1 Å². The Morgan fingerprint density at radius 3 is 2.48 bits per heavy atom. The van der Waals surface area contributed by atoms with Gasteiger partial charge < -0.3 is 14.7 Å². The van der Waals surface area contributed by atoms with Crippen LogP contribution in [-0.4, -0.2) is 35.2 Å². The van der Waals surface area contributed by atoms with Crippen molar-refractivity contribution in [1.82, 2.24) is 4.90 Å². The van der Waals surface area contributed by atoms with Crippen LogP contribution in [0.1, 0.15) is 44.1 Å². The maximum atomic E-state index is 12.3. The number of hydrogen-bond donors (Lipinski definition) is 1. The van der Waals surface area contributed by atoms with E-state index in [0.29, 0.717) is 0 Å². The highest BCUT2D eigenvalue weighted by Crippen LogP contribution is 2.30. The molecule has 0 heterocycles. The lowest BCUT2D eigenvalue weighted by molar-refractivity contribution is -0.138. The number of benzene rings is 1. The van der Waals surface area contributed by atoms with E-state index in [2.05, 4.69) is 0 Å². The van der Waals surface area contributed by atoms with Crippen LogP contribution in [0.15, 0.2) is 30.3 Å². The van der Waals surface area contributed by atoms with Gasteiger partial charge in [-0.1, -0.05) is 49.6 Å². The number of ether oxygens (including phenoxy) is 1. The summed E-state index contributed by atoms with van der Waals surface area (Å²) in [4.78, 5) is 25.0. The van der Waals surface area contributed by atoms with Crippen molar-refractivity contribution in [2.45, 2.75) is 51.2 Å². The van der Waals surface area contributed by atoms with Gasteiger partial charge in [0.05, 0.1) is 6.42 Å². The zero-order valence-electron chi connectivity index (χ0n) is 13.6. The second kappa shape index (κ2) is 8.56. The first-order valence-electron chi connectivity index (χ1n) is 8.23.